The molecule has 16 heavy (non-hydrogen) atoms. The van der Waals surface area contributed by atoms with Crippen LogP contribution >= 0.6 is 0 Å². The van der Waals surface area contributed by atoms with Crippen molar-refractivity contribution in [1.82, 2.24) is 19.7 Å². The summed E-state index contributed by atoms with van der Waals surface area (Å²) in [5.74, 6) is 1.46. The predicted octanol–water partition coefficient (Wildman–Crippen LogP) is 0.581. The van der Waals surface area contributed by atoms with E-state index in [1.54, 1.807) is 13.0 Å². The average molecular weight is 220 g/mol. The number of H-pyrrole nitrogens is 1. The lowest BCUT2D eigenvalue weighted by molar-refractivity contribution is 0.395. The minimum atomic E-state index is -0.155. The lowest BCUT2D eigenvalue weighted by atomic mass is 10.5. The minimum absolute atomic E-state index is 0.155. The molecule has 0 aliphatic rings. The molecule has 2 aromatic heterocycles. The van der Waals surface area contributed by atoms with Gasteiger partial charge >= 0.3 is 0 Å². The highest BCUT2D eigenvalue weighted by molar-refractivity contribution is 5.27. The Bertz CT molecular complexity index is 570. The second-order valence-corrected chi connectivity index (χ2v) is 3.43. The molecule has 6 nitrogen and oxygen atoms in total. The van der Waals surface area contributed by atoms with Crippen LogP contribution in [0.3, 0.4) is 0 Å². The fourth-order valence-corrected chi connectivity index (χ4v) is 1.43. The van der Waals surface area contributed by atoms with E-state index in [0.29, 0.717) is 17.5 Å². The molecule has 0 aliphatic heterocycles. The van der Waals surface area contributed by atoms with E-state index in [2.05, 4.69) is 15.1 Å². The van der Waals surface area contributed by atoms with Gasteiger partial charge in [0, 0.05) is 17.8 Å². The van der Waals surface area contributed by atoms with Crippen LogP contribution in [-0.2, 0) is 0 Å². The molecule has 0 aromatic carbocycles. The van der Waals surface area contributed by atoms with Gasteiger partial charge in [-0.1, -0.05) is 0 Å². The third-order valence-electron chi connectivity index (χ3n) is 2.09. The van der Waals surface area contributed by atoms with Crippen molar-refractivity contribution in [3.63, 3.8) is 0 Å². The van der Waals surface area contributed by atoms with Crippen LogP contribution < -0.4 is 10.3 Å². The van der Waals surface area contributed by atoms with Gasteiger partial charge in [0.25, 0.3) is 5.56 Å². The maximum Gasteiger partial charge on any atom is 0.272 e. The molecule has 84 valence electrons. The molecule has 0 unspecified atom stereocenters. The van der Waals surface area contributed by atoms with E-state index < -0.39 is 0 Å². The summed E-state index contributed by atoms with van der Waals surface area (Å²) in [6.45, 7) is 3.55. The molecule has 2 heterocycles. The van der Waals surface area contributed by atoms with Crippen LogP contribution in [0.4, 0.5) is 0 Å². The molecule has 2 rings (SSSR count). The molecular weight excluding hydrogens is 208 g/mol. The Labute approximate surface area is 91.9 Å². The van der Waals surface area contributed by atoms with Crippen molar-refractivity contribution in [3.8, 4) is 11.7 Å². The van der Waals surface area contributed by atoms with Gasteiger partial charge in [-0.25, -0.2) is 9.67 Å². The molecule has 0 bridgehead atoms. The third kappa shape index (κ3) is 1.81. The van der Waals surface area contributed by atoms with Crippen LogP contribution in [0.1, 0.15) is 11.5 Å². The van der Waals surface area contributed by atoms with Crippen molar-refractivity contribution in [2.45, 2.75) is 13.8 Å². The fourth-order valence-electron chi connectivity index (χ4n) is 1.43. The van der Waals surface area contributed by atoms with E-state index >= 15 is 0 Å². The van der Waals surface area contributed by atoms with Gasteiger partial charge in [0.15, 0.2) is 5.82 Å². The highest BCUT2D eigenvalue weighted by Gasteiger charge is 2.07. The van der Waals surface area contributed by atoms with E-state index in [1.807, 2.05) is 6.92 Å². The number of aromatic nitrogens is 4. The standard InChI is InChI=1S/C10H12N4O2/c1-6-4-10(15)14(13-6)8-5-9(16-3)12-7(2)11-8/h4-5,13H,1-3H3. The maximum atomic E-state index is 11.6. The lowest BCUT2D eigenvalue weighted by Crippen LogP contribution is -2.15. The van der Waals surface area contributed by atoms with Gasteiger partial charge in [0.2, 0.25) is 5.88 Å². The van der Waals surface area contributed by atoms with Crippen molar-refractivity contribution in [1.29, 1.82) is 0 Å². The molecule has 0 saturated carbocycles. The van der Waals surface area contributed by atoms with Gasteiger partial charge in [-0.2, -0.15) is 4.98 Å². The molecule has 0 fully saturated rings. The van der Waals surface area contributed by atoms with Crippen LogP contribution in [0.5, 0.6) is 5.88 Å². The number of nitrogens with one attached hydrogen (secondary N) is 1. The van der Waals surface area contributed by atoms with Crippen molar-refractivity contribution < 1.29 is 4.74 Å². The third-order valence-corrected chi connectivity index (χ3v) is 2.09. The van der Waals surface area contributed by atoms with Crippen LogP contribution in [0.25, 0.3) is 5.82 Å². The number of rotatable bonds is 2. The predicted molar refractivity (Wildman–Crippen MR) is 58.0 cm³/mol. The largest absolute Gasteiger partial charge is 0.481 e. The van der Waals surface area contributed by atoms with E-state index in [0.717, 1.165) is 5.69 Å². The molecular formula is C10H12N4O2. The van der Waals surface area contributed by atoms with Crippen molar-refractivity contribution in [2.75, 3.05) is 7.11 Å². The van der Waals surface area contributed by atoms with Crippen molar-refractivity contribution in [3.05, 3.63) is 34.0 Å². The fraction of sp³-hybridized carbons (Fsp3) is 0.300. The van der Waals surface area contributed by atoms with Gasteiger partial charge < -0.3 is 4.74 Å². The van der Waals surface area contributed by atoms with E-state index in [1.165, 1.54) is 17.9 Å². The normalized spacial score (nSPS) is 10.4. The van der Waals surface area contributed by atoms with Crippen LogP contribution in [0.2, 0.25) is 0 Å². The zero-order valence-corrected chi connectivity index (χ0v) is 9.31. The molecule has 0 radical (unpaired) electrons. The zero-order valence-electron chi connectivity index (χ0n) is 9.31. The van der Waals surface area contributed by atoms with Gasteiger partial charge in [0.05, 0.1) is 7.11 Å². The summed E-state index contributed by atoms with van der Waals surface area (Å²) in [7, 11) is 1.52. The molecule has 6 heteroatoms. The van der Waals surface area contributed by atoms with Gasteiger partial charge in [0.1, 0.15) is 5.82 Å². The Kier molecular flexibility index (Phi) is 2.47. The second kappa shape index (κ2) is 3.80. The first-order valence-electron chi connectivity index (χ1n) is 4.79. The zero-order chi connectivity index (χ0) is 11.7. The number of ether oxygens (including phenoxy) is 1. The van der Waals surface area contributed by atoms with Gasteiger partial charge in [-0.3, -0.25) is 9.89 Å². The molecule has 0 atom stereocenters. The quantitative estimate of drug-likeness (QED) is 0.803. The maximum absolute atomic E-state index is 11.6. The van der Waals surface area contributed by atoms with Crippen molar-refractivity contribution >= 4 is 0 Å². The van der Waals surface area contributed by atoms with E-state index in [9.17, 15) is 4.79 Å². The monoisotopic (exact) mass is 220 g/mol. The average Bonchev–Trinajstić information content (AvgIpc) is 2.57. The molecule has 0 aliphatic carbocycles. The summed E-state index contributed by atoms with van der Waals surface area (Å²) in [5, 5.41) is 2.90. The van der Waals surface area contributed by atoms with Crippen LogP contribution in [0.15, 0.2) is 16.9 Å². The number of hydrogen-bond acceptors (Lipinski definition) is 4. The summed E-state index contributed by atoms with van der Waals surface area (Å²) in [5.41, 5.74) is 0.623. The number of aromatic amines is 1. The number of aryl methyl sites for hydroxylation is 2. The molecule has 0 amide bonds. The van der Waals surface area contributed by atoms with Crippen LogP contribution in [-0.4, -0.2) is 26.9 Å². The Hall–Kier alpha value is -2.11. The Morgan fingerprint density at radius 2 is 2.06 bits per heavy atom. The summed E-state index contributed by atoms with van der Waals surface area (Å²) in [6.07, 6.45) is 0. The Morgan fingerprint density at radius 3 is 2.62 bits per heavy atom. The number of methoxy groups -OCH3 is 1. The summed E-state index contributed by atoms with van der Waals surface area (Å²) in [6, 6.07) is 3.11. The first-order valence-corrected chi connectivity index (χ1v) is 4.79. The number of nitrogens with zero attached hydrogens (tertiary/aromatic N) is 3. The molecule has 1 N–H and O–H groups in total. The molecule has 2 aromatic rings. The Balaban J connectivity index is 2.59. The summed E-state index contributed by atoms with van der Waals surface area (Å²) >= 11 is 0. The van der Waals surface area contributed by atoms with Gasteiger partial charge in [-0.05, 0) is 13.8 Å². The first-order chi connectivity index (χ1) is 7.60. The summed E-state index contributed by atoms with van der Waals surface area (Å²) in [4.78, 5) is 19.8. The first kappa shape index (κ1) is 10.4. The highest BCUT2D eigenvalue weighted by atomic mass is 16.5. The molecule has 0 spiro atoms. The second-order valence-electron chi connectivity index (χ2n) is 3.43. The van der Waals surface area contributed by atoms with Crippen LogP contribution in [0, 0.1) is 13.8 Å². The summed E-state index contributed by atoms with van der Waals surface area (Å²) < 4.78 is 6.38. The highest BCUT2D eigenvalue weighted by Crippen LogP contribution is 2.10. The van der Waals surface area contributed by atoms with Crippen molar-refractivity contribution in [2.24, 2.45) is 0 Å². The number of hydrogen-bond donors (Lipinski definition) is 1. The van der Waals surface area contributed by atoms with E-state index in [4.69, 9.17) is 4.74 Å². The minimum Gasteiger partial charge on any atom is -0.481 e. The topological polar surface area (TPSA) is 72.8 Å². The van der Waals surface area contributed by atoms with Gasteiger partial charge in [-0.15, -0.1) is 0 Å². The Morgan fingerprint density at radius 1 is 1.31 bits per heavy atom. The smallest absolute Gasteiger partial charge is 0.272 e. The SMILES string of the molecule is COc1cc(-n2[nH]c(C)cc2=O)nc(C)n1. The molecule has 0 saturated heterocycles. The lowest BCUT2D eigenvalue weighted by Gasteiger charge is -2.04. The van der Waals surface area contributed by atoms with E-state index in [-0.39, 0.29) is 5.56 Å².